The molecule has 0 spiro atoms. The molecule has 0 aromatic heterocycles. The van der Waals surface area contributed by atoms with E-state index in [0.717, 1.165) is 11.6 Å². The molecule has 0 radical (unpaired) electrons. The molecule has 160 valence electrons. The van der Waals surface area contributed by atoms with Crippen LogP contribution in [0.5, 0.6) is 5.75 Å². The Morgan fingerprint density at radius 3 is 1.60 bits per heavy atom. The van der Waals surface area contributed by atoms with Crippen molar-refractivity contribution in [1.29, 1.82) is 0 Å². The van der Waals surface area contributed by atoms with Gasteiger partial charge >= 0.3 is 5.97 Å². The Labute approximate surface area is 181 Å². The van der Waals surface area contributed by atoms with Gasteiger partial charge in [0.15, 0.2) is 0 Å². The summed E-state index contributed by atoms with van der Waals surface area (Å²) >= 11 is 0. The second-order valence-corrected chi connectivity index (χ2v) is 8.92. The first-order valence-electron chi connectivity index (χ1n) is 10.0. The molecule has 0 atom stereocenters. The van der Waals surface area contributed by atoms with Gasteiger partial charge in [-0.15, -0.1) is 0 Å². The SMILES string of the molecule is C=CC(=O)OC(C)(C)C.CC(C)(C)c1ccc(C=CC=Cc2ccc(O)cc2)cc1. The highest BCUT2D eigenvalue weighted by Gasteiger charge is 2.13. The van der Waals surface area contributed by atoms with Crippen LogP contribution in [0.15, 0.2) is 73.3 Å². The van der Waals surface area contributed by atoms with Gasteiger partial charge in [-0.3, -0.25) is 0 Å². The van der Waals surface area contributed by atoms with Gasteiger partial charge in [0, 0.05) is 6.08 Å². The molecule has 0 saturated carbocycles. The molecule has 0 saturated heterocycles. The summed E-state index contributed by atoms with van der Waals surface area (Å²) in [5, 5.41) is 9.22. The first-order valence-corrected chi connectivity index (χ1v) is 10.0. The number of hydrogen-bond donors (Lipinski definition) is 1. The van der Waals surface area contributed by atoms with Crippen molar-refractivity contribution < 1.29 is 14.6 Å². The first kappa shape index (κ1) is 25.0. The maximum Gasteiger partial charge on any atom is 0.330 e. The Hall–Kier alpha value is -3.07. The second kappa shape index (κ2) is 11.2. The standard InChI is InChI=1S/C20H22O.C7H12O2/c1-20(2,3)18-12-8-16(9-13-18)6-4-5-7-17-10-14-19(21)15-11-17;1-5-6(8)9-7(2,3)4/h4-15,21H,1-3H3;5H,1H2,2-4H3. The van der Waals surface area contributed by atoms with Crippen LogP contribution in [0.2, 0.25) is 0 Å². The van der Waals surface area contributed by atoms with Gasteiger partial charge < -0.3 is 9.84 Å². The molecule has 30 heavy (non-hydrogen) atoms. The highest BCUT2D eigenvalue weighted by Crippen LogP contribution is 2.22. The van der Waals surface area contributed by atoms with E-state index in [-0.39, 0.29) is 11.4 Å². The van der Waals surface area contributed by atoms with Crippen LogP contribution < -0.4 is 0 Å². The molecule has 2 aromatic carbocycles. The Kier molecular flexibility index (Phi) is 9.32. The van der Waals surface area contributed by atoms with Gasteiger partial charge in [0.1, 0.15) is 11.4 Å². The molecule has 3 heteroatoms. The summed E-state index contributed by atoms with van der Waals surface area (Å²) in [6, 6.07) is 15.8. The van der Waals surface area contributed by atoms with E-state index < -0.39 is 5.60 Å². The number of carbonyl (C=O) groups is 1. The summed E-state index contributed by atoms with van der Waals surface area (Å²) in [4.78, 5) is 10.5. The molecule has 2 aromatic rings. The number of aromatic hydroxyl groups is 1. The average Bonchev–Trinajstić information content (AvgIpc) is 2.65. The van der Waals surface area contributed by atoms with Gasteiger partial charge in [-0.2, -0.15) is 0 Å². The Morgan fingerprint density at radius 1 is 0.833 bits per heavy atom. The maximum absolute atomic E-state index is 10.5. The third-order valence-corrected chi connectivity index (χ3v) is 3.93. The number of allylic oxidation sites excluding steroid dienone is 2. The van der Waals surface area contributed by atoms with E-state index >= 15 is 0 Å². The van der Waals surface area contributed by atoms with Gasteiger partial charge in [-0.25, -0.2) is 4.79 Å². The minimum absolute atomic E-state index is 0.195. The number of hydrogen-bond acceptors (Lipinski definition) is 3. The van der Waals surface area contributed by atoms with Crippen LogP contribution in [0.4, 0.5) is 0 Å². The molecular weight excluding hydrogens is 372 g/mol. The summed E-state index contributed by atoms with van der Waals surface area (Å²) in [5.74, 6) is -0.0795. The minimum Gasteiger partial charge on any atom is -0.508 e. The fraction of sp³-hybridized carbons (Fsp3) is 0.296. The summed E-state index contributed by atoms with van der Waals surface area (Å²) < 4.78 is 4.83. The van der Waals surface area contributed by atoms with E-state index in [9.17, 15) is 9.90 Å². The normalized spacial score (nSPS) is 11.8. The topological polar surface area (TPSA) is 46.5 Å². The van der Waals surface area contributed by atoms with Crippen molar-refractivity contribution in [2.45, 2.75) is 52.6 Å². The number of phenols is 1. The predicted octanol–water partition coefficient (Wildman–Crippen LogP) is 6.93. The Balaban J connectivity index is 0.000000424. The maximum atomic E-state index is 10.5. The zero-order chi connectivity index (χ0) is 22.8. The van der Waals surface area contributed by atoms with Crippen molar-refractivity contribution in [3.05, 3.63) is 90.0 Å². The van der Waals surface area contributed by atoms with Gasteiger partial charge in [0.25, 0.3) is 0 Å². The Morgan fingerprint density at radius 2 is 1.27 bits per heavy atom. The molecule has 0 unspecified atom stereocenters. The summed E-state index contributed by atoms with van der Waals surface area (Å²) in [6.45, 7) is 15.4. The van der Waals surface area contributed by atoms with Crippen molar-refractivity contribution in [3.63, 3.8) is 0 Å². The van der Waals surface area contributed by atoms with E-state index in [2.05, 4.69) is 57.7 Å². The molecule has 2 rings (SSSR count). The lowest BCUT2D eigenvalue weighted by Crippen LogP contribution is -2.22. The largest absolute Gasteiger partial charge is 0.508 e. The van der Waals surface area contributed by atoms with Crippen LogP contribution in [0, 0.1) is 0 Å². The lowest BCUT2D eigenvalue weighted by atomic mass is 9.87. The first-order chi connectivity index (χ1) is 13.9. The molecule has 3 nitrogen and oxygen atoms in total. The quantitative estimate of drug-likeness (QED) is 0.340. The van der Waals surface area contributed by atoms with E-state index in [1.807, 2.05) is 51.1 Å². The number of ether oxygens (including phenoxy) is 1. The van der Waals surface area contributed by atoms with Crippen LogP contribution in [0.25, 0.3) is 12.2 Å². The third kappa shape index (κ3) is 10.5. The molecule has 0 aliphatic carbocycles. The van der Waals surface area contributed by atoms with Crippen LogP contribution in [-0.4, -0.2) is 16.7 Å². The minimum atomic E-state index is -0.398. The van der Waals surface area contributed by atoms with Crippen LogP contribution in [0.3, 0.4) is 0 Å². The molecular formula is C27H34O3. The van der Waals surface area contributed by atoms with E-state index in [4.69, 9.17) is 4.74 Å². The molecule has 0 bridgehead atoms. The lowest BCUT2D eigenvalue weighted by Gasteiger charge is -2.18. The fourth-order valence-electron chi connectivity index (χ4n) is 2.36. The zero-order valence-electron chi connectivity index (χ0n) is 19.0. The van der Waals surface area contributed by atoms with E-state index in [1.54, 1.807) is 12.1 Å². The van der Waals surface area contributed by atoms with Crippen molar-refractivity contribution in [3.8, 4) is 5.75 Å². The fourth-order valence-corrected chi connectivity index (χ4v) is 2.36. The predicted molar refractivity (Wildman–Crippen MR) is 127 cm³/mol. The van der Waals surface area contributed by atoms with E-state index in [1.165, 1.54) is 11.1 Å². The smallest absolute Gasteiger partial charge is 0.330 e. The van der Waals surface area contributed by atoms with Crippen LogP contribution >= 0.6 is 0 Å². The lowest BCUT2D eigenvalue weighted by molar-refractivity contribution is -0.148. The van der Waals surface area contributed by atoms with Crippen LogP contribution in [0.1, 0.15) is 58.2 Å². The van der Waals surface area contributed by atoms with Crippen molar-refractivity contribution in [1.82, 2.24) is 0 Å². The monoisotopic (exact) mass is 406 g/mol. The molecule has 0 amide bonds. The van der Waals surface area contributed by atoms with Gasteiger partial charge in [-0.1, -0.05) is 88.1 Å². The summed E-state index contributed by atoms with van der Waals surface area (Å²) in [7, 11) is 0. The zero-order valence-corrected chi connectivity index (χ0v) is 19.0. The van der Waals surface area contributed by atoms with Gasteiger partial charge in [-0.05, 0) is 55.0 Å². The van der Waals surface area contributed by atoms with Crippen molar-refractivity contribution in [2.75, 3.05) is 0 Å². The average molecular weight is 407 g/mol. The van der Waals surface area contributed by atoms with Crippen molar-refractivity contribution in [2.24, 2.45) is 0 Å². The second-order valence-electron chi connectivity index (χ2n) is 8.92. The van der Waals surface area contributed by atoms with Crippen LogP contribution in [-0.2, 0) is 14.9 Å². The molecule has 0 heterocycles. The number of carbonyl (C=O) groups excluding carboxylic acids is 1. The number of phenolic OH excluding ortho intramolecular Hbond substituents is 1. The molecule has 0 aliphatic rings. The highest BCUT2D eigenvalue weighted by molar-refractivity contribution is 5.81. The third-order valence-electron chi connectivity index (χ3n) is 3.93. The molecule has 0 fully saturated rings. The van der Waals surface area contributed by atoms with Gasteiger partial charge in [0.05, 0.1) is 0 Å². The van der Waals surface area contributed by atoms with E-state index in [0.29, 0.717) is 5.75 Å². The number of esters is 1. The Bertz CT molecular complexity index is 856. The molecule has 1 N–H and O–H groups in total. The van der Waals surface area contributed by atoms with Crippen molar-refractivity contribution >= 4 is 18.1 Å². The summed E-state index contributed by atoms with van der Waals surface area (Å²) in [5.41, 5.74) is 3.41. The summed E-state index contributed by atoms with van der Waals surface area (Å²) in [6.07, 6.45) is 9.29. The highest BCUT2D eigenvalue weighted by atomic mass is 16.6. The number of rotatable bonds is 4. The molecule has 0 aliphatic heterocycles. The van der Waals surface area contributed by atoms with Gasteiger partial charge in [0.2, 0.25) is 0 Å². The number of benzene rings is 2.